The highest BCUT2D eigenvalue weighted by Crippen LogP contribution is 2.32. The molecule has 0 fully saturated rings. The standard InChI is InChI=1S/C20H20BrN3OS/c1-11-8-9-16(12(2)10-11)23-19(25)17-13(3)22-20(26)24-18(17)14-6-4-5-7-15(14)21/h4-10,18H,1-3H3,(H,23,25)(H2,22,24,26)/t18-/m0/s1. The van der Waals surface area contributed by atoms with Crippen molar-refractivity contribution in [2.24, 2.45) is 0 Å². The second-order valence-corrected chi connectivity index (χ2v) is 7.63. The maximum Gasteiger partial charge on any atom is 0.255 e. The van der Waals surface area contributed by atoms with Crippen molar-refractivity contribution in [3.63, 3.8) is 0 Å². The van der Waals surface area contributed by atoms with Gasteiger partial charge in [0.05, 0.1) is 11.6 Å². The molecule has 6 heteroatoms. The Labute approximate surface area is 167 Å². The highest BCUT2D eigenvalue weighted by Gasteiger charge is 2.31. The summed E-state index contributed by atoms with van der Waals surface area (Å²) in [5.41, 5.74) is 5.32. The lowest BCUT2D eigenvalue weighted by molar-refractivity contribution is -0.113. The molecule has 0 bridgehead atoms. The van der Waals surface area contributed by atoms with Crippen LogP contribution in [0.4, 0.5) is 5.69 Å². The Morgan fingerprint density at radius 3 is 2.58 bits per heavy atom. The van der Waals surface area contributed by atoms with E-state index in [1.165, 1.54) is 0 Å². The fourth-order valence-electron chi connectivity index (χ4n) is 3.08. The Kier molecular flexibility index (Phi) is 5.44. The quantitative estimate of drug-likeness (QED) is 0.628. The molecule has 3 N–H and O–H groups in total. The normalized spacial score (nSPS) is 16.8. The number of thiocarbonyl (C=S) groups is 1. The number of hydrogen-bond acceptors (Lipinski definition) is 2. The van der Waals surface area contributed by atoms with Gasteiger partial charge in [-0.3, -0.25) is 4.79 Å². The molecule has 0 radical (unpaired) electrons. The van der Waals surface area contributed by atoms with Crippen molar-refractivity contribution < 1.29 is 4.79 Å². The predicted octanol–water partition coefficient (Wildman–Crippen LogP) is 4.50. The zero-order chi connectivity index (χ0) is 18.8. The Morgan fingerprint density at radius 2 is 1.88 bits per heavy atom. The molecule has 26 heavy (non-hydrogen) atoms. The molecular formula is C20H20BrN3OS. The van der Waals surface area contributed by atoms with Gasteiger partial charge >= 0.3 is 0 Å². The number of carbonyl (C=O) groups excluding carboxylic acids is 1. The van der Waals surface area contributed by atoms with Gasteiger partial charge in [-0.25, -0.2) is 0 Å². The molecule has 0 aliphatic carbocycles. The van der Waals surface area contributed by atoms with Crippen LogP contribution in [-0.2, 0) is 4.79 Å². The summed E-state index contributed by atoms with van der Waals surface area (Å²) in [6.07, 6.45) is 0. The van der Waals surface area contributed by atoms with Gasteiger partial charge in [-0.2, -0.15) is 0 Å². The summed E-state index contributed by atoms with van der Waals surface area (Å²) in [5, 5.41) is 9.82. The van der Waals surface area contributed by atoms with E-state index < -0.39 is 0 Å². The van der Waals surface area contributed by atoms with E-state index in [4.69, 9.17) is 12.2 Å². The number of benzene rings is 2. The monoisotopic (exact) mass is 429 g/mol. The summed E-state index contributed by atoms with van der Waals surface area (Å²) in [6.45, 7) is 5.89. The molecule has 2 aromatic carbocycles. The van der Waals surface area contributed by atoms with Gasteiger partial charge < -0.3 is 16.0 Å². The molecule has 4 nitrogen and oxygen atoms in total. The number of allylic oxidation sites excluding steroid dienone is 1. The Hall–Kier alpha value is -2.18. The van der Waals surface area contributed by atoms with E-state index in [0.717, 1.165) is 32.5 Å². The molecule has 1 aliphatic heterocycles. The fourth-order valence-corrected chi connectivity index (χ4v) is 3.87. The highest BCUT2D eigenvalue weighted by molar-refractivity contribution is 9.10. The van der Waals surface area contributed by atoms with E-state index in [2.05, 4.69) is 37.9 Å². The summed E-state index contributed by atoms with van der Waals surface area (Å²) in [7, 11) is 0. The molecule has 0 spiro atoms. The van der Waals surface area contributed by atoms with Crippen molar-refractivity contribution in [2.45, 2.75) is 26.8 Å². The van der Waals surface area contributed by atoms with Crippen LogP contribution in [0.3, 0.4) is 0 Å². The van der Waals surface area contributed by atoms with E-state index in [0.29, 0.717) is 10.7 Å². The highest BCUT2D eigenvalue weighted by atomic mass is 79.9. The van der Waals surface area contributed by atoms with Crippen LogP contribution in [0.1, 0.15) is 29.7 Å². The van der Waals surface area contributed by atoms with Gasteiger partial charge in [0.2, 0.25) is 0 Å². The molecule has 0 aromatic heterocycles. The van der Waals surface area contributed by atoms with Crippen LogP contribution in [0.2, 0.25) is 0 Å². The van der Waals surface area contributed by atoms with Gasteiger partial charge in [-0.15, -0.1) is 0 Å². The number of carbonyl (C=O) groups is 1. The van der Waals surface area contributed by atoms with Crippen LogP contribution in [0.15, 0.2) is 58.2 Å². The predicted molar refractivity (Wildman–Crippen MR) is 113 cm³/mol. The molecule has 0 saturated heterocycles. The van der Waals surface area contributed by atoms with Crippen molar-refractivity contribution in [1.29, 1.82) is 0 Å². The Morgan fingerprint density at radius 1 is 1.15 bits per heavy atom. The van der Waals surface area contributed by atoms with E-state index in [1.807, 2.05) is 57.2 Å². The van der Waals surface area contributed by atoms with Gasteiger partial charge in [-0.1, -0.05) is 51.8 Å². The molecule has 0 unspecified atom stereocenters. The van der Waals surface area contributed by atoms with Crippen LogP contribution in [0, 0.1) is 13.8 Å². The summed E-state index contributed by atoms with van der Waals surface area (Å²) >= 11 is 8.88. The summed E-state index contributed by atoms with van der Waals surface area (Å²) in [4.78, 5) is 13.1. The number of halogens is 1. The molecule has 1 atom stereocenters. The number of rotatable bonds is 3. The minimum absolute atomic E-state index is 0.155. The van der Waals surface area contributed by atoms with Crippen molar-refractivity contribution >= 4 is 44.9 Å². The minimum atomic E-state index is -0.329. The van der Waals surface area contributed by atoms with E-state index in [1.54, 1.807) is 0 Å². The summed E-state index contributed by atoms with van der Waals surface area (Å²) in [5.74, 6) is -0.155. The molecular weight excluding hydrogens is 410 g/mol. The third kappa shape index (κ3) is 3.81. The topological polar surface area (TPSA) is 53.2 Å². The molecule has 0 saturated carbocycles. The van der Waals surface area contributed by atoms with E-state index in [-0.39, 0.29) is 11.9 Å². The molecule has 1 amide bonds. The number of anilines is 1. The molecule has 134 valence electrons. The molecule has 1 heterocycles. The van der Waals surface area contributed by atoms with Crippen molar-refractivity contribution in [3.05, 3.63) is 74.9 Å². The first-order valence-corrected chi connectivity index (χ1v) is 9.48. The van der Waals surface area contributed by atoms with Gasteiger partial charge in [-0.05, 0) is 56.2 Å². The third-order valence-corrected chi connectivity index (χ3v) is 5.30. The first-order chi connectivity index (χ1) is 12.4. The van der Waals surface area contributed by atoms with Crippen LogP contribution in [-0.4, -0.2) is 11.0 Å². The summed E-state index contributed by atoms with van der Waals surface area (Å²) < 4.78 is 0.923. The van der Waals surface area contributed by atoms with Gasteiger partial charge in [0.1, 0.15) is 0 Å². The first-order valence-electron chi connectivity index (χ1n) is 8.28. The average molecular weight is 430 g/mol. The zero-order valence-electron chi connectivity index (χ0n) is 14.8. The van der Waals surface area contributed by atoms with Gasteiger partial charge in [0.15, 0.2) is 5.11 Å². The SMILES string of the molecule is CC1=C(C(=O)Nc2ccc(C)cc2C)[C@H](c2ccccc2Br)NC(=S)N1. The first kappa shape index (κ1) is 18.6. The van der Waals surface area contributed by atoms with Crippen molar-refractivity contribution in [2.75, 3.05) is 5.32 Å². The lowest BCUT2D eigenvalue weighted by atomic mass is 9.95. The van der Waals surface area contributed by atoms with Gasteiger partial charge in [0.25, 0.3) is 5.91 Å². The minimum Gasteiger partial charge on any atom is -0.351 e. The van der Waals surface area contributed by atoms with Crippen molar-refractivity contribution in [1.82, 2.24) is 10.6 Å². The number of aryl methyl sites for hydroxylation is 2. The Bertz CT molecular complexity index is 923. The second kappa shape index (κ2) is 7.60. The van der Waals surface area contributed by atoms with Crippen LogP contribution < -0.4 is 16.0 Å². The zero-order valence-corrected chi connectivity index (χ0v) is 17.2. The van der Waals surface area contributed by atoms with Crippen LogP contribution in [0.5, 0.6) is 0 Å². The Balaban J connectivity index is 1.98. The van der Waals surface area contributed by atoms with Crippen LogP contribution in [0.25, 0.3) is 0 Å². The van der Waals surface area contributed by atoms with E-state index >= 15 is 0 Å². The maximum atomic E-state index is 13.1. The van der Waals surface area contributed by atoms with Gasteiger partial charge in [0, 0.05) is 15.9 Å². The number of amides is 1. The van der Waals surface area contributed by atoms with E-state index in [9.17, 15) is 4.79 Å². The molecule has 2 aromatic rings. The number of nitrogens with one attached hydrogen (secondary N) is 3. The lowest BCUT2D eigenvalue weighted by Gasteiger charge is -2.31. The summed E-state index contributed by atoms with van der Waals surface area (Å²) in [6, 6.07) is 13.5. The largest absolute Gasteiger partial charge is 0.351 e. The maximum absolute atomic E-state index is 13.1. The van der Waals surface area contributed by atoms with Crippen molar-refractivity contribution in [3.8, 4) is 0 Å². The second-order valence-electron chi connectivity index (χ2n) is 6.36. The smallest absolute Gasteiger partial charge is 0.255 e. The third-order valence-electron chi connectivity index (χ3n) is 4.36. The lowest BCUT2D eigenvalue weighted by Crippen LogP contribution is -2.45. The number of hydrogen-bond donors (Lipinski definition) is 3. The molecule has 3 rings (SSSR count). The molecule has 1 aliphatic rings. The fraction of sp³-hybridized carbons (Fsp3) is 0.200. The average Bonchev–Trinajstić information content (AvgIpc) is 2.57. The van der Waals surface area contributed by atoms with Crippen LogP contribution >= 0.6 is 28.1 Å².